The first-order chi connectivity index (χ1) is 7.84. The number of hydrogen-bond acceptors (Lipinski definition) is 2. The fourth-order valence-corrected chi connectivity index (χ4v) is 3.27. The molecule has 1 heterocycles. The third-order valence-electron chi connectivity index (χ3n) is 2.95. The molecule has 80 valence electrons. The van der Waals surface area contributed by atoms with Crippen molar-refractivity contribution in [3.05, 3.63) is 59.7 Å². The molecule has 2 heteroatoms. The molecule has 0 aromatic heterocycles. The molecule has 0 radical (unpaired) electrons. The molecule has 2 aromatic carbocycles. The lowest BCUT2D eigenvalue weighted by atomic mass is 10.00. The van der Waals surface area contributed by atoms with Crippen molar-refractivity contribution in [2.24, 2.45) is 5.73 Å². The van der Waals surface area contributed by atoms with E-state index in [1.165, 1.54) is 20.9 Å². The van der Waals surface area contributed by atoms with E-state index in [2.05, 4.69) is 48.5 Å². The Kier molecular flexibility index (Phi) is 2.46. The Balaban J connectivity index is 2.15. The average Bonchev–Trinajstić information content (AvgIpc) is 2.45. The molecule has 2 aromatic rings. The van der Waals surface area contributed by atoms with Gasteiger partial charge in [-0.1, -0.05) is 48.2 Å². The minimum atomic E-state index is 0.118. The maximum Gasteiger partial charge on any atom is 0.0347 e. The Morgan fingerprint density at radius 1 is 0.938 bits per heavy atom. The van der Waals surface area contributed by atoms with Crippen LogP contribution in [0.4, 0.5) is 0 Å². The van der Waals surface area contributed by atoms with E-state index in [1.54, 1.807) is 0 Å². The van der Waals surface area contributed by atoms with Crippen LogP contribution in [0, 0.1) is 0 Å². The highest BCUT2D eigenvalue weighted by atomic mass is 32.2. The van der Waals surface area contributed by atoms with Crippen LogP contribution in [0.2, 0.25) is 0 Å². The highest BCUT2D eigenvalue weighted by molar-refractivity contribution is 7.99. The fourth-order valence-electron chi connectivity index (χ4n) is 2.12. The van der Waals surface area contributed by atoms with Gasteiger partial charge in [0.2, 0.25) is 0 Å². The van der Waals surface area contributed by atoms with E-state index >= 15 is 0 Å². The van der Waals surface area contributed by atoms with Gasteiger partial charge in [0.1, 0.15) is 0 Å². The van der Waals surface area contributed by atoms with E-state index in [0.717, 1.165) is 6.42 Å². The smallest absolute Gasteiger partial charge is 0.0347 e. The van der Waals surface area contributed by atoms with Gasteiger partial charge < -0.3 is 5.73 Å². The lowest BCUT2D eigenvalue weighted by Crippen LogP contribution is -2.12. The van der Waals surface area contributed by atoms with E-state index in [1.807, 2.05) is 11.8 Å². The largest absolute Gasteiger partial charge is 0.324 e. The summed E-state index contributed by atoms with van der Waals surface area (Å²) in [6, 6.07) is 17.1. The third kappa shape index (κ3) is 1.64. The number of benzene rings is 2. The summed E-state index contributed by atoms with van der Waals surface area (Å²) < 4.78 is 0. The summed E-state index contributed by atoms with van der Waals surface area (Å²) in [6.45, 7) is 0. The van der Waals surface area contributed by atoms with Crippen LogP contribution in [0.3, 0.4) is 0 Å². The zero-order valence-corrected chi connectivity index (χ0v) is 9.71. The standard InChI is InChI=1S/C14H13NS/c15-12-9-10-5-1-3-7-13(10)16-14-8-4-2-6-11(12)14/h1-8,12H,9,15H2/t12-/m1/s1. The second-order valence-corrected chi connectivity index (χ2v) is 5.14. The Labute approximate surface area is 99.7 Å². The van der Waals surface area contributed by atoms with Gasteiger partial charge in [-0.3, -0.25) is 0 Å². The van der Waals surface area contributed by atoms with Gasteiger partial charge in [-0.25, -0.2) is 0 Å². The van der Waals surface area contributed by atoms with Crippen molar-refractivity contribution < 1.29 is 0 Å². The van der Waals surface area contributed by atoms with Crippen LogP contribution in [0.25, 0.3) is 0 Å². The molecule has 3 rings (SSSR count). The maximum atomic E-state index is 6.25. The van der Waals surface area contributed by atoms with Crippen molar-refractivity contribution >= 4 is 11.8 Å². The minimum Gasteiger partial charge on any atom is -0.324 e. The quantitative estimate of drug-likeness (QED) is 0.746. The molecule has 1 aliphatic heterocycles. The Morgan fingerprint density at radius 3 is 2.50 bits per heavy atom. The topological polar surface area (TPSA) is 26.0 Å². The first-order valence-corrected chi connectivity index (χ1v) is 6.26. The Hall–Kier alpha value is -1.25. The minimum absolute atomic E-state index is 0.118. The predicted molar refractivity (Wildman–Crippen MR) is 67.6 cm³/mol. The summed E-state index contributed by atoms with van der Waals surface area (Å²) in [5, 5.41) is 0. The van der Waals surface area contributed by atoms with E-state index in [4.69, 9.17) is 5.73 Å². The van der Waals surface area contributed by atoms with Gasteiger partial charge in [-0.05, 0) is 29.7 Å². The molecule has 1 nitrogen and oxygen atoms in total. The van der Waals surface area contributed by atoms with E-state index in [9.17, 15) is 0 Å². The highest BCUT2D eigenvalue weighted by Gasteiger charge is 2.18. The van der Waals surface area contributed by atoms with Gasteiger partial charge in [-0.15, -0.1) is 0 Å². The SMILES string of the molecule is N[C@@H]1Cc2ccccc2Sc2ccccc21. The van der Waals surface area contributed by atoms with Crippen molar-refractivity contribution in [1.82, 2.24) is 0 Å². The number of rotatable bonds is 0. The first kappa shape index (κ1) is 9.94. The highest BCUT2D eigenvalue weighted by Crippen LogP contribution is 2.39. The zero-order valence-electron chi connectivity index (χ0n) is 8.89. The molecule has 0 saturated carbocycles. The van der Waals surface area contributed by atoms with Crippen LogP contribution in [0.5, 0.6) is 0 Å². The monoisotopic (exact) mass is 227 g/mol. The number of hydrogen-bond donors (Lipinski definition) is 1. The fraction of sp³-hybridized carbons (Fsp3) is 0.143. The van der Waals surface area contributed by atoms with Crippen LogP contribution < -0.4 is 5.73 Å². The summed E-state index contributed by atoms with van der Waals surface area (Å²) in [7, 11) is 0. The van der Waals surface area contributed by atoms with E-state index in [-0.39, 0.29) is 6.04 Å². The Morgan fingerprint density at radius 2 is 1.62 bits per heavy atom. The van der Waals surface area contributed by atoms with Gasteiger partial charge in [0.15, 0.2) is 0 Å². The van der Waals surface area contributed by atoms with Crippen LogP contribution >= 0.6 is 11.8 Å². The molecule has 0 fully saturated rings. The summed E-state index contributed by atoms with van der Waals surface area (Å²) in [5.41, 5.74) is 8.87. The summed E-state index contributed by atoms with van der Waals surface area (Å²) in [4.78, 5) is 2.63. The maximum absolute atomic E-state index is 6.25. The molecule has 16 heavy (non-hydrogen) atoms. The van der Waals surface area contributed by atoms with Gasteiger partial charge in [0.25, 0.3) is 0 Å². The molecular weight excluding hydrogens is 214 g/mol. The molecule has 0 spiro atoms. The molecule has 0 unspecified atom stereocenters. The average molecular weight is 227 g/mol. The summed E-state index contributed by atoms with van der Waals surface area (Å²) in [6.07, 6.45) is 0.931. The van der Waals surface area contributed by atoms with Crippen molar-refractivity contribution in [3.63, 3.8) is 0 Å². The van der Waals surface area contributed by atoms with Crippen LogP contribution in [0.15, 0.2) is 58.3 Å². The second-order valence-electron chi connectivity index (χ2n) is 4.06. The Bertz CT molecular complexity index is 522. The van der Waals surface area contributed by atoms with Crippen molar-refractivity contribution in [2.45, 2.75) is 22.3 Å². The lowest BCUT2D eigenvalue weighted by molar-refractivity contribution is 0.706. The molecule has 0 bridgehead atoms. The van der Waals surface area contributed by atoms with Crippen LogP contribution in [0.1, 0.15) is 17.2 Å². The summed E-state index contributed by atoms with van der Waals surface area (Å²) in [5.74, 6) is 0. The van der Waals surface area contributed by atoms with Gasteiger partial charge in [0.05, 0.1) is 0 Å². The molecule has 0 amide bonds. The molecule has 0 saturated heterocycles. The molecule has 1 atom stereocenters. The number of nitrogens with two attached hydrogens (primary N) is 1. The van der Waals surface area contributed by atoms with Crippen LogP contribution in [-0.4, -0.2) is 0 Å². The lowest BCUT2D eigenvalue weighted by Gasteiger charge is -2.11. The molecule has 0 aliphatic carbocycles. The van der Waals surface area contributed by atoms with Gasteiger partial charge in [0, 0.05) is 15.8 Å². The van der Waals surface area contributed by atoms with E-state index < -0.39 is 0 Å². The molecule has 2 N–H and O–H groups in total. The van der Waals surface area contributed by atoms with Crippen LogP contribution in [-0.2, 0) is 6.42 Å². The second kappa shape index (κ2) is 3.96. The van der Waals surface area contributed by atoms with Gasteiger partial charge in [-0.2, -0.15) is 0 Å². The predicted octanol–water partition coefficient (Wildman–Crippen LogP) is 3.39. The molecular formula is C14H13NS. The molecule has 1 aliphatic rings. The third-order valence-corrected chi connectivity index (χ3v) is 4.16. The van der Waals surface area contributed by atoms with Gasteiger partial charge >= 0.3 is 0 Å². The van der Waals surface area contributed by atoms with Crippen molar-refractivity contribution in [3.8, 4) is 0 Å². The number of fused-ring (bicyclic) bond motifs is 2. The van der Waals surface area contributed by atoms with Crippen molar-refractivity contribution in [2.75, 3.05) is 0 Å². The van der Waals surface area contributed by atoms with Crippen molar-refractivity contribution in [1.29, 1.82) is 0 Å². The first-order valence-electron chi connectivity index (χ1n) is 5.45. The summed E-state index contributed by atoms with van der Waals surface area (Å²) >= 11 is 1.83. The van der Waals surface area contributed by atoms with E-state index in [0.29, 0.717) is 0 Å². The normalized spacial score (nSPS) is 18.4. The zero-order chi connectivity index (χ0) is 11.0.